The first-order valence-electron chi connectivity index (χ1n) is 10.9. The van der Waals surface area contributed by atoms with Crippen LogP contribution in [-0.4, -0.2) is 21.3 Å². The highest BCUT2D eigenvalue weighted by Crippen LogP contribution is 2.46. The fourth-order valence-corrected chi connectivity index (χ4v) is 5.28. The molecule has 0 atom stereocenters. The van der Waals surface area contributed by atoms with E-state index < -0.39 is 11.9 Å². The summed E-state index contributed by atoms with van der Waals surface area (Å²) in [6.45, 7) is 2.14. The molecule has 5 rings (SSSR count). The molecule has 0 bridgehead atoms. The Hall–Kier alpha value is -3.51. The molecular formula is C27H23FN2O2S. The van der Waals surface area contributed by atoms with Gasteiger partial charge in [0.2, 0.25) is 5.95 Å². The molecule has 1 aliphatic carbocycles. The zero-order chi connectivity index (χ0) is 22.9. The minimum absolute atomic E-state index is 0.449. The number of hydrogen-bond acceptors (Lipinski definition) is 3. The largest absolute Gasteiger partial charge is 0.478 e. The van der Waals surface area contributed by atoms with Gasteiger partial charge in [0, 0.05) is 6.08 Å². The fourth-order valence-electron chi connectivity index (χ4n) is 4.44. The van der Waals surface area contributed by atoms with E-state index in [1.54, 1.807) is 17.4 Å². The molecule has 4 aromatic rings. The zero-order valence-corrected chi connectivity index (χ0v) is 19.0. The summed E-state index contributed by atoms with van der Waals surface area (Å²) >= 11 is 1.70. The highest BCUT2D eigenvalue weighted by atomic mass is 32.1. The van der Waals surface area contributed by atoms with Crippen molar-refractivity contribution in [1.29, 1.82) is 0 Å². The van der Waals surface area contributed by atoms with Crippen LogP contribution in [0.4, 0.5) is 4.39 Å². The first-order chi connectivity index (χ1) is 16.0. The van der Waals surface area contributed by atoms with Crippen LogP contribution in [0.3, 0.4) is 0 Å². The van der Waals surface area contributed by atoms with Crippen molar-refractivity contribution >= 4 is 45.4 Å². The van der Waals surface area contributed by atoms with E-state index in [1.807, 2.05) is 42.5 Å². The topological polar surface area (TPSA) is 66.0 Å². The van der Waals surface area contributed by atoms with Gasteiger partial charge in [0.25, 0.3) is 0 Å². The van der Waals surface area contributed by atoms with E-state index in [2.05, 4.69) is 27.9 Å². The van der Waals surface area contributed by atoms with E-state index in [0.717, 1.165) is 41.2 Å². The molecular weight excluding hydrogens is 435 g/mol. The van der Waals surface area contributed by atoms with Gasteiger partial charge >= 0.3 is 5.97 Å². The van der Waals surface area contributed by atoms with Gasteiger partial charge in [0.05, 0.1) is 10.9 Å². The number of thiophene rings is 1. The molecule has 0 saturated heterocycles. The Bertz CT molecular complexity index is 1390. The van der Waals surface area contributed by atoms with Crippen LogP contribution in [0.5, 0.6) is 0 Å². The van der Waals surface area contributed by atoms with Crippen LogP contribution in [0.15, 0.2) is 59.3 Å². The third kappa shape index (κ3) is 4.14. The normalized spacial score (nSPS) is 15.1. The standard InChI is InChI=1S/C27H23FN2O2S/c1-16-14-33-15-22(16)26(18-3-2-4-18)25(19-8-5-17(6-9-19)7-12-24(31)32)20-10-11-23-21(13-20)27(28)30-29-23/h5-15,18H,2-4H2,1H3,(H,29,30)(H,31,32). The number of aromatic amines is 1. The van der Waals surface area contributed by atoms with Crippen LogP contribution in [0, 0.1) is 18.8 Å². The number of carboxylic acids is 1. The van der Waals surface area contributed by atoms with Crippen LogP contribution in [0.1, 0.15) is 47.1 Å². The van der Waals surface area contributed by atoms with Crippen LogP contribution >= 0.6 is 11.3 Å². The molecule has 1 fully saturated rings. The number of fused-ring (bicyclic) bond motifs is 1. The molecule has 0 amide bonds. The van der Waals surface area contributed by atoms with Gasteiger partial charge < -0.3 is 5.11 Å². The number of hydrogen-bond donors (Lipinski definition) is 2. The number of carbonyl (C=O) groups is 1. The van der Waals surface area contributed by atoms with Crippen molar-refractivity contribution in [3.05, 3.63) is 93.1 Å². The Kier molecular flexibility index (Phi) is 5.68. The summed E-state index contributed by atoms with van der Waals surface area (Å²) in [7, 11) is 0. The summed E-state index contributed by atoms with van der Waals surface area (Å²) in [5, 5.41) is 20.2. The fraction of sp³-hybridized carbons (Fsp3) is 0.185. The van der Waals surface area contributed by atoms with Crippen LogP contribution in [-0.2, 0) is 4.79 Å². The molecule has 0 unspecified atom stereocenters. The summed E-state index contributed by atoms with van der Waals surface area (Å²) in [5.41, 5.74) is 8.35. The molecule has 6 heteroatoms. The van der Waals surface area contributed by atoms with E-state index >= 15 is 0 Å². The smallest absolute Gasteiger partial charge is 0.328 e. The van der Waals surface area contributed by atoms with Crippen molar-refractivity contribution < 1.29 is 14.3 Å². The number of benzene rings is 2. The van der Waals surface area contributed by atoms with Gasteiger partial charge in [0.1, 0.15) is 0 Å². The average molecular weight is 459 g/mol. The monoisotopic (exact) mass is 458 g/mol. The number of halogens is 1. The lowest BCUT2D eigenvalue weighted by Gasteiger charge is -2.31. The first-order valence-corrected chi connectivity index (χ1v) is 11.9. The Labute approximate surface area is 195 Å². The number of nitrogens with zero attached hydrogens (tertiary/aromatic N) is 1. The summed E-state index contributed by atoms with van der Waals surface area (Å²) in [6.07, 6.45) is 6.19. The first kappa shape index (κ1) is 21.3. The second-order valence-corrected chi connectivity index (χ2v) is 9.20. The van der Waals surface area contributed by atoms with Crippen molar-refractivity contribution in [3.63, 3.8) is 0 Å². The minimum Gasteiger partial charge on any atom is -0.478 e. The molecule has 2 N–H and O–H groups in total. The number of rotatable bonds is 6. The van der Waals surface area contributed by atoms with Crippen LogP contribution in [0.25, 0.3) is 28.1 Å². The maximum atomic E-state index is 14.4. The third-order valence-electron chi connectivity index (χ3n) is 6.35. The van der Waals surface area contributed by atoms with Crippen LogP contribution < -0.4 is 0 Å². The second-order valence-electron chi connectivity index (χ2n) is 8.45. The number of aliphatic carboxylic acids is 1. The lowest BCUT2D eigenvalue weighted by molar-refractivity contribution is -0.131. The average Bonchev–Trinajstić information content (AvgIpc) is 3.36. The van der Waals surface area contributed by atoms with Crippen molar-refractivity contribution in [2.75, 3.05) is 0 Å². The van der Waals surface area contributed by atoms with Gasteiger partial charge in [-0.25, -0.2) is 4.79 Å². The highest BCUT2D eigenvalue weighted by molar-refractivity contribution is 7.08. The van der Waals surface area contributed by atoms with Crippen molar-refractivity contribution in [2.24, 2.45) is 5.92 Å². The number of H-pyrrole nitrogens is 1. The highest BCUT2D eigenvalue weighted by Gasteiger charge is 2.28. The molecule has 0 spiro atoms. The predicted molar refractivity (Wildman–Crippen MR) is 131 cm³/mol. The summed E-state index contributed by atoms with van der Waals surface area (Å²) < 4.78 is 14.4. The van der Waals surface area contributed by atoms with Gasteiger partial charge in [-0.05, 0) is 93.6 Å². The molecule has 1 saturated carbocycles. The zero-order valence-electron chi connectivity index (χ0n) is 18.1. The predicted octanol–water partition coefficient (Wildman–Crippen LogP) is 6.93. The number of aromatic nitrogens is 2. The van der Waals surface area contributed by atoms with E-state index in [1.165, 1.54) is 23.1 Å². The molecule has 0 aliphatic heterocycles. The minimum atomic E-state index is -0.977. The van der Waals surface area contributed by atoms with E-state index in [0.29, 0.717) is 16.8 Å². The Morgan fingerprint density at radius 3 is 2.55 bits per heavy atom. The van der Waals surface area contributed by atoms with Gasteiger partial charge in [-0.2, -0.15) is 15.7 Å². The van der Waals surface area contributed by atoms with E-state index in [-0.39, 0.29) is 0 Å². The molecule has 166 valence electrons. The van der Waals surface area contributed by atoms with Crippen molar-refractivity contribution in [1.82, 2.24) is 10.2 Å². The van der Waals surface area contributed by atoms with Gasteiger partial charge in [-0.1, -0.05) is 36.8 Å². The van der Waals surface area contributed by atoms with E-state index in [4.69, 9.17) is 5.11 Å². The second kappa shape index (κ2) is 8.79. The maximum absolute atomic E-state index is 14.4. The molecule has 2 heterocycles. The van der Waals surface area contributed by atoms with Crippen LogP contribution in [0.2, 0.25) is 0 Å². The molecule has 0 radical (unpaired) electrons. The SMILES string of the molecule is Cc1cscc1C(=C(c1ccc(C=CC(=O)O)cc1)c1ccc2[nH]nc(F)c2c1)C1CCC1. The quantitative estimate of drug-likeness (QED) is 0.308. The number of aryl methyl sites for hydroxylation is 1. The molecule has 2 aromatic heterocycles. The van der Waals surface area contributed by atoms with Gasteiger partial charge in [0.15, 0.2) is 0 Å². The Morgan fingerprint density at radius 1 is 1.15 bits per heavy atom. The number of nitrogens with one attached hydrogen (secondary N) is 1. The summed E-state index contributed by atoms with van der Waals surface area (Å²) in [4.78, 5) is 10.9. The van der Waals surface area contributed by atoms with Crippen molar-refractivity contribution in [2.45, 2.75) is 26.2 Å². The van der Waals surface area contributed by atoms with E-state index in [9.17, 15) is 9.18 Å². The third-order valence-corrected chi connectivity index (χ3v) is 7.21. The Morgan fingerprint density at radius 2 is 1.91 bits per heavy atom. The molecule has 4 nitrogen and oxygen atoms in total. The number of carboxylic acid groups (broad SMARTS) is 1. The molecule has 1 aliphatic rings. The van der Waals surface area contributed by atoms with Gasteiger partial charge in [-0.15, -0.1) is 5.10 Å². The molecule has 2 aromatic carbocycles. The maximum Gasteiger partial charge on any atom is 0.328 e. The summed E-state index contributed by atoms with van der Waals surface area (Å²) in [6, 6.07) is 13.7. The van der Waals surface area contributed by atoms with Crippen molar-refractivity contribution in [3.8, 4) is 0 Å². The molecule has 33 heavy (non-hydrogen) atoms. The number of allylic oxidation sites excluding steroid dienone is 1. The Balaban J connectivity index is 1.74. The summed E-state index contributed by atoms with van der Waals surface area (Å²) in [5.74, 6) is -1.03. The lowest BCUT2D eigenvalue weighted by atomic mass is 9.73. The lowest BCUT2D eigenvalue weighted by Crippen LogP contribution is -2.15. The van der Waals surface area contributed by atoms with Gasteiger partial charge in [-0.3, -0.25) is 5.10 Å².